The van der Waals surface area contributed by atoms with Crippen molar-refractivity contribution >= 4 is 0 Å². The summed E-state index contributed by atoms with van der Waals surface area (Å²) in [6.07, 6.45) is 1.49. The molecule has 14 heavy (non-hydrogen) atoms. The molecule has 0 heterocycles. The van der Waals surface area contributed by atoms with Gasteiger partial charge in [0.15, 0.2) is 0 Å². The van der Waals surface area contributed by atoms with Gasteiger partial charge in [-0.05, 0) is 12.8 Å². The average molecular weight is 196 g/mol. The van der Waals surface area contributed by atoms with Crippen LogP contribution in [0.5, 0.6) is 17.2 Å². The minimum Gasteiger partial charge on any atom is -0.508 e. The number of rotatable bonds is 2. The minimum atomic E-state index is -0.498. The van der Waals surface area contributed by atoms with Crippen LogP contribution >= 0.6 is 0 Å². The molecule has 0 radical (unpaired) electrons. The van der Waals surface area contributed by atoms with Crippen LogP contribution in [0.15, 0.2) is 12.1 Å². The zero-order chi connectivity index (χ0) is 10.3. The first kappa shape index (κ1) is 9.15. The third-order valence-corrected chi connectivity index (χ3v) is 2.77. The highest BCUT2D eigenvalue weighted by atomic mass is 16.3. The molecular weight excluding hydrogens is 184 g/mol. The summed E-state index contributed by atoms with van der Waals surface area (Å²) in [7, 11) is 0. The molecule has 0 saturated heterocycles. The van der Waals surface area contributed by atoms with Crippen molar-refractivity contribution in [3.05, 3.63) is 17.7 Å². The van der Waals surface area contributed by atoms with Crippen LogP contribution in [0, 0.1) is 0 Å². The van der Waals surface area contributed by atoms with Gasteiger partial charge < -0.3 is 20.4 Å². The van der Waals surface area contributed by atoms with E-state index in [1.807, 2.05) is 0 Å². The predicted octanol–water partition coefficient (Wildman–Crippen LogP) is 0.827. The van der Waals surface area contributed by atoms with Crippen LogP contribution in [0.2, 0.25) is 0 Å². The zero-order valence-corrected chi connectivity index (χ0v) is 7.56. The van der Waals surface area contributed by atoms with Crippen LogP contribution in [0.1, 0.15) is 18.4 Å². The highest BCUT2D eigenvalue weighted by molar-refractivity contribution is 5.54. The Hall–Kier alpha value is -1.42. The molecule has 76 valence electrons. The van der Waals surface area contributed by atoms with E-state index in [4.69, 9.17) is 10.2 Å². The van der Waals surface area contributed by atoms with Gasteiger partial charge in [-0.3, -0.25) is 0 Å². The van der Waals surface area contributed by atoms with E-state index in [1.165, 1.54) is 12.1 Å². The van der Waals surface area contributed by atoms with Crippen LogP contribution < -0.4 is 0 Å². The van der Waals surface area contributed by atoms with Gasteiger partial charge in [0.05, 0.1) is 6.61 Å². The number of phenolic OH excluding ortho intramolecular Hbond substituents is 3. The molecule has 0 atom stereocenters. The summed E-state index contributed by atoms with van der Waals surface area (Å²) >= 11 is 0. The highest BCUT2D eigenvalue weighted by Crippen LogP contribution is 2.54. The topological polar surface area (TPSA) is 80.9 Å². The fraction of sp³-hybridized carbons (Fsp3) is 0.400. The van der Waals surface area contributed by atoms with Crippen molar-refractivity contribution in [2.75, 3.05) is 6.61 Å². The van der Waals surface area contributed by atoms with Crippen molar-refractivity contribution in [2.45, 2.75) is 18.3 Å². The van der Waals surface area contributed by atoms with Crippen LogP contribution in [0.3, 0.4) is 0 Å². The largest absolute Gasteiger partial charge is 0.508 e. The number of hydrogen-bond acceptors (Lipinski definition) is 4. The molecule has 0 unspecified atom stereocenters. The Kier molecular flexibility index (Phi) is 1.82. The number of aliphatic hydroxyl groups is 1. The van der Waals surface area contributed by atoms with Crippen molar-refractivity contribution in [1.82, 2.24) is 0 Å². The SMILES string of the molecule is OCC1(c2c(O)cc(O)cc2O)CC1. The molecule has 0 amide bonds. The van der Waals surface area contributed by atoms with Gasteiger partial charge in [-0.25, -0.2) is 0 Å². The molecule has 4 N–H and O–H groups in total. The van der Waals surface area contributed by atoms with Crippen LogP contribution in [-0.4, -0.2) is 27.0 Å². The first-order chi connectivity index (χ1) is 6.59. The monoisotopic (exact) mass is 196 g/mol. The molecule has 1 saturated carbocycles. The summed E-state index contributed by atoms with van der Waals surface area (Å²) in [5, 5.41) is 37.3. The van der Waals surface area contributed by atoms with Gasteiger partial charge in [-0.2, -0.15) is 0 Å². The quantitative estimate of drug-likeness (QED) is 0.564. The smallest absolute Gasteiger partial charge is 0.126 e. The molecule has 0 spiro atoms. The molecule has 1 aliphatic rings. The van der Waals surface area contributed by atoms with Gasteiger partial charge in [0, 0.05) is 23.1 Å². The molecule has 0 bridgehead atoms. The molecule has 0 aromatic heterocycles. The van der Waals surface area contributed by atoms with E-state index in [1.54, 1.807) is 0 Å². The van der Waals surface area contributed by atoms with Gasteiger partial charge in [0.2, 0.25) is 0 Å². The maximum Gasteiger partial charge on any atom is 0.126 e. The van der Waals surface area contributed by atoms with Crippen molar-refractivity contribution in [3.8, 4) is 17.2 Å². The van der Waals surface area contributed by atoms with E-state index >= 15 is 0 Å². The Bertz CT molecular complexity index is 345. The summed E-state index contributed by atoms with van der Waals surface area (Å²) in [5.41, 5.74) is -0.153. The van der Waals surface area contributed by atoms with E-state index in [2.05, 4.69) is 0 Å². The maximum absolute atomic E-state index is 9.55. The molecule has 4 nitrogen and oxygen atoms in total. The fourth-order valence-corrected chi connectivity index (χ4v) is 1.78. The third kappa shape index (κ3) is 1.19. The lowest BCUT2D eigenvalue weighted by Crippen LogP contribution is -2.12. The molecule has 2 rings (SSSR count). The van der Waals surface area contributed by atoms with Crippen LogP contribution in [-0.2, 0) is 5.41 Å². The summed E-state index contributed by atoms with van der Waals surface area (Å²) in [6.45, 7) is -0.0983. The van der Waals surface area contributed by atoms with E-state index in [0.717, 1.165) is 12.8 Å². The number of phenols is 3. The van der Waals surface area contributed by atoms with E-state index in [-0.39, 0.29) is 23.9 Å². The van der Waals surface area contributed by atoms with E-state index < -0.39 is 5.41 Å². The second kappa shape index (κ2) is 2.78. The highest BCUT2D eigenvalue weighted by Gasteiger charge is 2.47. The number of benzene rings is 1. The van der Waals surface area contributed by atoms with Crippen molar-refractivity contribution in [3.63, 3.8) is 0 Å². The summed E-state index contributed by atoms with van der Waals surface area (Å²) in [6, 6.07) is 2.34. The van der Waals surface area contributed by atoms with Crippen LogP contribution in [0.25, 0.3) is 0 Å². The number of aromatic hydroxyl groups is 3. The molecular formula is C10H12O4. The van der Waals surface area contributed by atoms with Crippen molar-refractivity contribution in [2.24, 2.45) is 0 Å². The molecule has 4 heteroatoms. The Labute approximate surface area is 81.1 Å². The number of hydrogen-bond donors (Lipinski definition) is 4. The molecule has 1 aromatic carbocycles. The first-order valence-corrected chi connectivity index (χ1v) is 4.45. The molecule has 0 aliphatic heterocycles. The standard InChI is InChI=1S/C10H12O4/c11-5-10(1-2-10)9-7(13)3-6(12)4-8(9)14/h3-4,11-14H,1-2,5H2. The van der Waals surface area contributed by atoms with Crippen LogP contribution in [0.4, 0.5) is 0 Å². The minimum absolute atomic E-state index is 0.0983. The molecule has 1 aromatic rings. The van der Waals surface area contributed by atoms with Crippen molar-refractivity contribution in [1.29, 1.82) is 0 Å². The zero-order valence-electron chi connectivity index (χ0n) is 7.56. The average Bonchev–Trinajstić information content (AvgIpc) is 2.83. The van der Waals surface area contributed by atoms with Gasteiger partial charge in [0.1, 0.15) is 17.2 Å². The molecule has 1 fully saturated rings. The summed E-state index contributed by atoms with van der Waals surface area (Å²) in [5.74, 6) is -0.499. The van der Waals surface area contributed by atoms with E-state index in [9.17, 15) is 10.2 Å². The van der Waals surface area contributed by atoms with Gasteiger partial charge in [-0.15, -0.1) is 0 Å². The Morgan fingerprint density at radius 2 is 1.57 bits per heavy atom. The van der Waals surface area contributed by atoms with Gasteiger partial charge >= 0.3 is 0 Å². The summed E-state index contributed by atoms with van der Waals surface area (Å²) < 4.78 is 0. The summed E-state index contributed by atoms with van der Waals surface area (Å²) in [4.78, 5) is 0. The molecule has 1 aliphatic carbocycles. The normalized spacial score (nSPS) is 18.1. The second-order valence-electron chi connectivity index (χ2n) is 3.80. The predicted molar refractivity (Wildman–Crippen MR) is 49.4 cm³/mol. The van der Waals surface area contributed by atoms with Gasteiger partial charge in [0.25, 0.3) is 0 Å². The number of aliphatic hydroxyl groups excluding tert-OH is 1. The maximum atomic E-state index is 9.55. The fourth-order valence-electron chi connectivity index (χ4n) is 1.78. The first-order valence-electron chi connectivity index (χ1n) is 4.45. The Balaban J connectivity index is 2.53. The second-order valence-corrected chi connectivity index (χ2v) is 3.80. The van der Waals surface area contributed by atoms with E-state index in [0.29, 0.717) is 5.56 Å². The third-order valence-electron chi connectivity index (χ3n) is 2.77. The lowest BCUT2D eigenvalue weighted by molar-refractivity contribution is 0.248. The van der Waals surface area contributed by atoms with Crippen molar-refractivity contribution < 1.29 is 20.4 Å². The lowest BCUT2D eigenvalue weighted by Gasteiger charge is -2.15. The Morgan fingerprint density at radius 1 is 1.07 bits per heavy atom. The Morgan fingerprint density at radius 3 is 1.93 bits per heavy atom. The van der Waals surface area contributed by atoms with Gasteiger partial charge in [-0.1, -0.05) is 0 Å². The lowest BCUT2D eigenvalue weighted by atomic mass is 9.95.